The fourth-order valence-electron chi connectivity index (χ4n) is 1.94. The normalized spacial score (nSPS) is 14.7. The minimum Gasteiger partial charge on any atom is -0.385 e. The minimum atomic E-state index is -0.822. The van der Waals surface area contributed by atoms with Crippen molar-refractivity contribution in [3.05, 3.63) is 52.0 Å². The van der Waals surface area contributed by atoms with E-state index in [9.17, 15) is 5.11 Å². The van der Waals surface area contributed by atoms with Crippen LogP contribution in [0.25, 0.3) is 0 Å². The Morgan fingerprint density at radius 2 is 2.12 bits per heavy atom. The molecule has 0 aliphatic heterocycles. The Labute approximate surface area is 99.6 Å². The Morgan fingerprint density at radius 3 is 2.75 bits per heavy atom. The maximum Gasteiger partial charge on any atom is 0.0919 e. The van der Waals surface area contributed by atoms with Crippen LogP contribution < -0.4 is 0 Å². The molecule has 1 atom stereocenters. The van der Waals surface area contributed by atoms with Gasteiger partial charge in [-0.1, -0.05) is 24.3 Å². The molecule has 1 aromatic heterocycles. The zero-order valence-corrected chi connectivity index (χ0v) is 10.3. The van der Waals surface area contributed by atoms with Crippen molar-refractivity contribution in [1.29, 1.82) is 0 Å². The first kappa shape index (κ1) is 11.3. The molecule has 0 amide bonds. The topological polar surface area (TPSA) is 33.1 Å². The molecular formula is C13H15NOS. The van der Waals surface area contributed by atoms with Crippen LogP contribution in [0.15, 0.2) is 36.0 Å². The Morgan fingerprint density at radius 1 is 1.38 bits per heavy atom. The van der Waals surface area contributed by atoms with Gasteiger partial charge in [0.2, 0.25) is 0 Å². The molecule has 0 spiro atoms. The quantitative estimate of drug-likeness (QED) is 0.884. The standard InChI is InChI=1S/C13H15NOS/c1-10-5-3-4-6-12(10)13(2,15)7-11-8-14-9-16-11/h3-6,8-9,15H,7H2,1-2H3. The van der Waals surface area contributed by atoms with Gasteiger partial charge in [0.05, 0.1) is 11.1 Å². The van der Waals surface area contributed by atoms with Crippen molar-refractivity contribution in [2.45, 2.75) is 25.9 Å². The van der Waals surface area contributed by atoms with Gasteiger partial charge in [0.1, 0.15) is 0 Å². The maximum absolute atomic E-state index is 10.5. The molecule has 0 aliphatic rings. The molecule has 1 N–H and O–H groups in total. The van der Waals surface area contributed by atoms with E-state index in [1.165, 1.54) is 0 Å². The van der Waals surface area contributed by atoms with Gasteiger partial charge in [-0.2, -0.15) is 0 Å². The van der Waals surface area contributed by atoms with Crippen LogP contribution in [0.2, 0.25) is 0 Å². The highest BCUT2D eigenvalue weighted by Crippen LogP contribution is 2.28. The third kappa shape index (κ3) is 2.31. The van der Waals surface area contributed by atoms with Crippen molar-refractivity contribution in [1.82, 2.24) is 4.98 Å². The third-order valence-electron chi connectivity index (χ3n) is 2.73. The summed E-state index contributed by atoms with van der Waals surface area (Å²) in [6.45, 7) is 3.88. The van der Waals surface area contributed by atoms with Crippen LogP contribution in [0.1, 0.15) is 22.9 Å². The number of aromatic nitrogens is 1. The molecule has 1 heterocycles. The largest absolute Gasteiger partial charge is 0.385 e. The van der Waals surface area contributed by atoms with E-state index >= 15 is 0 Å². The third-order valence-corrected chi connectivity index (χ3v) is 3.51. The van der Waals surface area contributed by atoms with E-state index < -0.39 is 5.60 Å². The fraction of sp³-hybridized carbons (Fsp3) is 0.308. The Kier molecular flexibility index (Phi) is 3.08. The summed E-state index contributed by atoms with van der Waals surface area (Å²) in [5.74, 6) is 0. The van der Waals surface area contributed by atoms with Crippen molar-refractivity contribution in [2.24, 2.45) is 0 Å². The number of hydrogen-bond donors (Lipinski definition) is 1. The van der Waals surface area contributed by atoms with E-state index in [0.29, 0.717) is 6.42 Å². The van der Waals surface area contributed by atoms with Gasteiger partial charge in [0, 0.05) is 17.5 Å². The van der Waals surface area contributed by atoms with Crippen LogP contribution in [0.3, 0.4) is 0 Å². The van der Waals surface area contributed by atoms with E-state index in [-0.39, 0.29) is 0 Å². The number of aliphatic hydroxyl groups is 1. The zero-order chi connectivity index (χ0) is 11.6. The molecule has 0 aliphatic carbocycles. The molecule has 3 heteroatoms. The molecular weight excluding hydrogens is 218 g/mol. The van der Waals surface area contributed by atoms with Gasteiger partial charge in [-0.3, -0.25) is 4.98 Å². The molecule has 84 valence electrons. The summed E-state index contributed by atoms with van der Waals surface area (Å²) in [4.78, 5) is 5.13. The summed E-state index contributed by atoms with van der Waals surface area (Å²) in [7, 11) is 0. The highest BCUT2D eigenvalue weighted by Gasteiger charge is 2.25. The fourth-order valence-corrected chi connectivity index (χ4v) is 2.68. The summed E-state index contributed by atoms with van der Waals surface area (Å²) in [6, 6.07) is 7.96. The number of aryl methyl sites for hydroxylation is 1. The van der Waals surface area contributed by atoms with E-state index in [1.54, 1.807) is 16.8 Å². The van der Waals surface area contributed by atoms with E-state index in [0.717, 1.165) is 16.0 Å². The molecule has 1 unspecified atom stereocenters. The average Bonchev–Trinajstić information content (AvgIpc) is 2.70. The Balaban J connectivity index is 2.28. The Hall–Kier alpha value is -1.19. The monoisotopic (exact) mass is 233 g/mol. The van der Waals surface area contributed by atoms with Crippen LogP contribution in [-0.4, -0.2) is 10.1 Å². The number of thiazole rings is 1. The summed E-state index contributed by atoms with van der Waals surface area (Å²) >= 11 is 1.58. The maximum atomic E-state index is 10.5. The average molecular weight is 233 g/mol. The molecule has 2 rings (SSSR count). The van der Waals surface area contributed by atoms with Gasteiger partial charge < -0.3 is 5.11 Å². The van der Waals surface area contributed by atoms with Gasteiger partial charge in [0.25, 0.3) is 0 Å². The van der Waals surface area contributed by atoms with Gasteiger partial charge in [-0.15, -0.1) is 11.3 Å². The number of benzene rings is 1. The van der Waals surface area contributed by atoms with Crippen LogP contribution in [0.4, 0.5) is 0 Å². The molecule has 0 fully saturated rings. The first-order valence-corrected chi connectivity index (χ1v) is 6.13. The highest BCUT2D eigenvalue weighted by molar-refractivity contribution is 7.09. The van der Waals surface area contributed by atoms with Crippen molar-refractivity contribution >= 4 is 11.3 Å². The van der Waals surface area contributed by atoms with Crippen molar-refractivity contribution in [3.63, 3.8) is 0 Å². The van der Waals surface area contributed by atoms with Crippen LogP contribution in [-0.2, 0) is 12.0 Å². The lowest BCUT2D eigenvalue weighted by Crippen LogP contribution is -2.24. The summed E-state index contributed by atoms with van der Waals surface area (Å²) < 4.78 is 0. The van der Waals surface area contributed by atoms with Crippen LogP contribution >= 0.6 is 11.3 Å². The number of hydrogen-bond acceptors (Lipinski definition) is 3. The number of rotatable bonds is 3. The molecule has 0 radical (unpaired) electrons. The second-order valence-corrected chi connectivity index (χ2v) is 5.20. The van der Waals surface area contributed by atoms with Crippen molar-refractivity contribution in [3.8, 4) is 0 Å². The van der Waals surface area contributed by atoms with Gasteiger partial charge in [-0.25, -0.2) is 0 Å². The van der Waals surface area contributed by atoms with Crippen molar-refractivity contribution in [2.75, 3.05) is 0 Å². The SMILES string of the molecule is Cc1ccccc1C(C)(O)Cc1cncs1. The van der Waals surface area contributed by atoms with E-state index in [2.05, 4.69) is 4.98 Å². The molecule has 16 heavy (non-hydrogen) atoms. The number of nitrogens with zero attached hydrogens (tertiary/aromatic N) is 1. The zero-order valence-electron chi connectivity index (χ0n) is 9.47. The first-order chi connectivity index (χ1) is 7.59. The van der Waals surface area contributed by atoms with Crippen LogP contribution in [0.5, 0.6) is 0 Å². The predicted molar refractivity (Wildman–Crippen MR) is 66.6 cm³/mol. The molecule has 0 saturated heterocycles. The highest BCUT2D eigenvalue weighted by atomic mass is 32.1. The lowest BCUT2D eigenvalue weighted by Gasteiger charge is -2.24. The molecule has 0 saturated carbocycles. The van der Waals surface area contributed by atoms with E-state index in [4.69, 9.17) is 0 Å². The second kappa shape index (κ2) is 4.36. The minimum absolute atomic E-state index is 0.614. The van der Waals surface area contributed by atoms with Gasteiger partial charge >= 0.3 is 0 Å². The van der Waals surface area contributed by atoms with E-state index in [1.807, 2.05) is 44.3 Å². The first-order valence-electron chi connectivity index (χ1n) is 5.25. The molecule has 2 nitrogen and oxygen atoms in total. The lowest BCUT2D eigenvalue weighted by atomic mass is 9.89. The van der Waals surface area contributed by atoms with Crippen molar-refractivity contribution < 1.29 is 5.11 Å². The van der Waals surface area contributed by atoms with Gasteiger partial charge in [-0.05, 0) is 25.0 Å². The predicted octanol–water partition coefficient (Wildman–Crippen LogP) is 2.90. The van der Waals surface area contributed by atoms with Crippen LogP contribution in [0, 0.1) is 6.92 Å². The lowest BCUT2D eigenvalue weighted by molar-refractivity contribution is 0.0578. The Bertz CT molecular complexity index is 463. The summed E-state index contributed by atoms with van der Waals surface area (Å²) in [5.41, 5.74) is 3.08. The summed E-state index contributed by atoms with van der Waals surface area (Å²) in [5, 5.41) is 10.5. The molecule has 0 bridgehead atoms. The smallest absolute Gasteiger partial charge is 0.0919 e. The summed E-state index contributed by atoms with van der Waals surface area (Å²) in [6.07, 6.45) is 2.43. The second-order valence-electron chi connectivity index (χ2n) is 4.23. The van der Waals surface area contributed by atoms with Gasteiger partial charge in [0.15, 0.2) is 0 Å². The molecule has 2 aromatic rings. The molecule has 1 aromatic carbocycles.